The normalized spacial score (nSPS) is 17.9. The van der Waals surface area contributed by atoms with E-state index in [0.29, 0.717) is 5.69 Å². The summed E-state index contributed by atoms with van der Waals surface area (Å²) >= 11 is 0. The summed E-state index contributed by atoms with van der Waals surface area (Å²) < 4.78 is 4.94. The van der Waals surface area contributed by atoms with Gasteiger partial charge in [0, 0.05) is 0 Å². The van der Waals surface area contributed by atoms with Crippen molar-refractivity contribution in [2.24, 2.45) is 0 Å². The molecule has 1 aliphatic carbocycles. The number of carbonyl (C=O) groups is 1. The summed E-state index contributed by atoms with van der Waals surface area (Å²) in [5.41, 5.74) is 0.160. The van der Waals surface area contributed by atoms with Crippen LogP contribution in [0, 0.1) is 6.92 Å². The molecule has 2 N–H and O–H groups in total. The molecule has 0 bridgehead atoms. The van der Waals surface area contributed by atoms with Gasteiger partial charge in [0.1, 0.15) is 0 Å². The summed E-state index contributed by atoms with van der Waals surface area (Å²) in [4.78, 5) is 15.4. The van der Waals surface area contributed by atoms with Gasteiger partial charge in [-0.1, -0.05) is 0 Å². The molecule has 0 radical (unpaired) electrons. The Labute approximate surface area is 81.1 Å². The maximum atomic E-state index is 11.6. The van der Waals surface area contributed by atoms with Gasteiger partial charge in [0.2, 0.25) is 5.76 Å². The monoisotopic (exact) mass is 196 g/mol. The van der Waals surface area contributed by atoms with Crippen LogP contribution in [0.3, 0.4) is 0 Å². The highest BCUT2D eigenvalue weighted by Crippen LogP contribution is 2.34. The fourth-order valence-corrected chi connectivity index (χ4v) is 1.29. The van der Waals surface area contributed by atoms with Crippen molar-refractivity contribution in [3.05, 3.63) is 17.8 Å². The number of hydrogen-bond donors (Lipinski definition) is 2. The number of nitrogens with one attached hydrogen (secondary N) is 1. The molecule has 0 spiro atoms. The molecule has 76 valence electrons. The average Bonchev–Trinajstić information content (AvgIpc) is 2.80. The Balaban J connectivity index is 2.07. The smallest absolute Gasteiger partial charge is 0.289 e. The third-order valence-electron chi connectivity index (χ3n) is 2.49. The van der Waals surface area contributed by atoms with Crippen molar-refractivity contribution in [1.82, 2.24) is 10.3 Å². The number of carbonyl (C=O) groups excluding carboxylic acids is 1. The molecule has 5 heteroatoms. The van der Waals surface area contributed by atoms with Gasteiger partial charge < -0.3 is 14.8 Å². The van der Waals surface area contributed by atoms with E-state index in [1.807, 2.05) is 0 Å². The number of aryl methyl sites for hydroxylation is 1. The molecule has 1 amide bonds. The molecule has 1 fully saturated rings. The van der Waals surface area contributed by atoms with E-state index < -0.39 is 5.54 Å². The molecular formula is C9H12N2O3. The van der Waals surface area contributed by atoms with Gasteiger partial charge in [0.25, 0.3) is 5.91 Å². The van der Waals surface area contributed by atoms with Crippen LogP contribution in [0.15, 0.2) is 10.8 Å². The Kier molecular flexibility index (Phi) is 2.03. The van der Waals surface area contributed by atoms with E-state index in [1.165, 1.54) is 6.39 Å². The van der Waals surface area contributed by atoms with Gasteiger partial charge in [-0.05, 0) is 19.8 Å². The molecule has 1 aliphatic rings. The first-order valence-electron chi connectivity index (χ1n) is 4.50. The van der Waals surface area contributed by atoms with E-state index in [-0.39, 0.29) is 18.3 Å². The molecule has 1 heterocycles. The zero-order chi connectivity index (χ0) is 10.2. The minimum Gasteiger partial charge on any atom is -0.438 e. The topological polar surface area (TPSA) is 75.4 Å². The summed E-state index contributed by atoms with van der Waals surface area (Å²) in [5.74, 6) is -0.0729. The molecule has 0 unspecified atom stereocenters. The predicted octanol–water partition coefficient (Wildman–Crippen LogP) is 0.238. The highest BCUT2D eigenvalue weighted by Gasteiger charge is 2.44. The van der Waals surface area contributed by atoms with Crippen LogP contribution in [0.25, 0.3) is 0 Å². The SMILES string of the molecule is Cc1ncoc1C(=O)NC1(CO)CC1. The molecule has 5 nitrogen and oxygen atoms in total. The fraction of sp³-hybridized carbons (Fsp3) is 0.556. The molecule has 0 aromatic carbocycles. The van der Waals surface area contributed by atoms with Crippen LogP contribution < -0.4 is 5.32 Å². The molecule has 1 aromatic rings. The van der Waals surface area contributed by atoms with E-state index in [2.05, 4.69) is 10.3 Å². The van der Waals surface area contributed by atoms with Crippen molar-refractivity contribution in [2.75, 3.05) is 6.61 Å². The van der Waals surface area contributed by atoms with Crippen molar-refractivity contribution in [3.8, 4) is 0 Å². The van der Waals surface area contributed by atoms with Gasteiger partial charge in [-0.2, -0.15) is 0 Å². The second-order valence-corrected chi connectivity index (χ2v) is 3.66. The van der Waals surface area contributed by atoms with Crippen LogP contribution in [0.1, 0.15) is 29.1 Å². The molecule has 1 saturated carbocycles. The number of amides is 1. The lowest BCUT2D eigenvalue weighted by molar-refractivity contribution is 0.0878. The second kappa shape index (κ2) is 3.09. The summed E-state index contributed by atoms with van der Waals surface area (Å²) in [7, 11) is 0. The summed E-state index contributed by atoms with van der Waals surface area (Å²) in [6.07, 6.45) is 2.88. The molecule has 1 aromatic heterocycles. The minimum atomic E-state index is -0.406. The van der Waals surface area contributed by atoms with Crippen LogP contribution >= 0.6 is 0 Å². The van der Waals surface area contributed by atoms with E-state index in [0.717, 1.165) is 12.8 Å². The Morgan fingerprint density at radius 1 is 1.79 bits per heavy atom. The third-order valence-corrected chi connectivity index (χ3v) is 2.49. The number of oxazole rings is 1. The predicted molar refractivity (Wildman–Crippen MR) is 47.8 cm³/mol. The fourth-order valence-electron chi connectivity index (χ4n) is 1.29. The maximum Gasteiger partial charge on any atom is 0.289 e. The number of aromatic nitrogens is 1. The van der Waals surface area contributed by atoms with Crippen LogP contribution in [0.2, 0.25) is 0 Å². The summed E-state index contributed by atoms with van der Waals surface area (Å²) in [6.45, 7) is 1.68. The van der Waals surface area contributed by atoms with Crippen molar-refractivity contribution < 1.29 is 14.3 Å². The molecule has 0 aliphatic heterocycles. The largest absolute Gasteiger partial charge is 0.438 e. The number of nitrogens with zero attached hydrogens (tertiary/aromatic N) is 1. The van der Waals surface area contributed by atoms with E-state index in [9.17, 15) is 4.79 Å². The van der Waals surface area contributed by atoms with Crippen LogP contribution in [-0.2, 0) is 0 Å². The molecule has 0 atom stereocenters. The van der Waals surface area contributed by atoms with Crippen molar-refractivity contribution in [1.29, 1.82) is 0 Å². The Bertz CT molecular complexity index is 355. The Morgan fingerprint density at radius 3 is 2.93 bits per heavy atom. The van der Waals surface area contributed by atoms with E-state index in [1.54, 1.807) is 6.92 Å². The van der Waals surface area contributed by atoms with Crippen LogP contribution in [0.5, 0.6) is 0 Å². The lowest BCUT2D eigenvalue weighted by Gasteiger charge is -2.12. The Hall–Kier alpha value is -1.36. The first-order valence-corrected chi connectivity index (χ1v) is 4.50. The number of aliphatic hydroxyl groups excluding tert-OH is 1. The van der Waals surface area contributed by atoms with Crippen molar-refractivity contribution in [2.45, 2.75) is 25.3 Å². The number of hydrogen-bond acceptors (Lipinski definition) is 4. The first-order chi connectivity index (χ1) is 6.67. The molecular weight excluding hydrogens is 184 g/mol. The van der Waals surface area contributed by atoms with Gasteiger partial charge in [-0.3, -0.25) is 4.79 Å². The molecule has 0 saturated heterocycles. The van der Waals surface area contributed by atoms with Crippen molar-refractivity contribution >= 4 is 5.91 Å². The van der Waals surface area contributed by atoms with E-state index >= 15 is 0 Å². The lowest BCUT2D eigenvalue weighted by Crippen LogP contribution is -2.39. The zero-order valence-corrected chi connectivity index (χ0v) is 7.91. The highest BCUT2D eigenvalue weighted by molar-refractivity contribution is 5.93. The van der Waals surface area contributed by atoms with Gasteiger partial charge in [-0.25, -0.2) is 4.98 Å². The summed E-state index contributed by atoms with van der Waals surface area (Å²) in [5, 5.41) is 11.7. The Morgan fingerprint density at radius 2 is 2.50 bits per heavy atom. The maximum absolute atomic E-state index is 11.6. The summed E-state index contributed by atoms with van der Waals surface area (Å²) in [6, 6.07) is 0. The van der Waals surface area contributed by atoms with Crippen molar-refractivity contribution in [3.63, 3.8) is 0 Å². The molecule has 14 heavy (non-hydrogen) atoms. The molecule has 2 rings (SSSR count). The van der Waals surface area contributed by atoms with E-state index in [4.69, 9.17) is 9.52 Å². The standard InChI is InChI=1S/C9H12N2O3/c1-6-7(14-5-10-6)8(13)11-9(4-12)2-3-9/h5,12H,2-4H2,1H3,(H,11,13). The minimum absolute atomic E-state index is 0.0219. The average molecular weight is 196 g/mol. The van der Waals surface area contributed by atoms with Crippen LogP contribution in [-0.4, -0.2) is 28.1 Å². The number of rotatable bonds is 3. The van der Waals surface area contributed by atoms with Crippen LogP contribution in [0.4, 0.5) is 0 Å². The highest BCUT2D eigenvalue weighted by atomic mass is 16.3. The first kappa shape index (κ1) is 9.21. The quantitative estimate of drug-likeness (QED) is 0.726. The van der Waals surface area contributed by atoms with Gasteiger partial charge in [0.15, 0.2) is 6.39 Å². The van der Waals surface area contributed by atoms with Gasteiger partial charge in [0.05, 0.1) is 17.8 Å². The lowest BCUT2D eigenvalue weighted by atomic mass is 10.2. The van der Waals surface area contributed by atoms with Gasteiger partial charge in [-0.15, -0.1) is 0 Å². The number of aliphatic hydroxyl groups is 1. The zero-order valence-electron chi connectivity index (χ0n) is 7.91. The second-order valence-electron chi connectivity index (χ2n) is 3.66. The van der Waals surface area contributed by atoms with Gasteiger partial charge >= 0.3 is 0 Å². The third kappa shape index (κ3) is 1.50.